The van der Waals surface area contributed by atoms with Gasteiger partial charge in [-0.2, -0.15) is 0 Å². The second-order valence-corrected chi connectivity index (χ2v) is 5.33. The van der Waals surface area contributed by atoms with Gasteiger partial charge in [-0.05, 0) is 25.5 Å². The van der Waals surface area contributed by atoms with E-state index >= 15 is 0 Å². The maximum atomic E-state index is 11.7. The predicted octanol–water partition coefficient (Wildman–Crippen LogP) is 2.65. The van der Waals surface area contributed by atoms with Crippen LogP contribution >= 0.6 is 23.2 Å². The van der Waals surface area contributed by atoms with Crippen molar-refractivity contribution >= 4 is 29.1 Å². The van der Waals surface area contributed by atoms with Crippen molar-refractivity contribution in [2.24, 2.45) is 0 Å². The van der Waals surface area contributed by atoms with Crippen LogP contribution in [0.2, 0.25) is 10.0 Å². The third kappa shape index (κ3) is 4.90. The SMILES string of the molecule is CCC(C)(CO)NC(=O)COc1cc(Cl)ccc1Cl. The van der Waals surface area contributed by atoms with Gasteiger partial charge in [0.15, 0.2) is 6.61 Å². The van der Waals surface area contributed by atoms with Crippen molar-refractivity contribution in [1.29, 1.82) is 0 Å². The fourth-order valence-corrected chi connectivity index (χ4v) is 1.68. The fourth-order valence-electron chi connectivity index (χ4n) is 1.34. The first-order chi connectivity index (χ1) is 8.90. The molecule has 4 nitrogen and oxygen atoms in total. The summed E-state index contributed by atoms with van der Waals surface area (Å²) >= 11 is 11.7. The molecule has 0 saturated carbocycles. The van der Waals surface area contributed by atoms with E-state index in [1.165, 1.54) is 0 Å². The Morgan fingerprint density at radius 3 is 2.74 bits per heavy atom. The molecule has 1 aromatic carbocycles. The Morgan fingerprint density at radius 1 is 1.47 bits per heavy atom. The zero-order chi connectivity index (χ0) is 14.5. The van der Waals surface area contributed by atoms with Crippen molar-refractivity contribution in [2.45, 2.75) is 25.8 Å². The lowest BCUT2D eigenvalue weighted by Crippen LogP contribution is -2.49. The largest absolute Gasteiger partial charge is 0.482 e. The monoisotopic (exact) mass is 305 g/mol. The number of carbonyl (C=O) groups excluding carboxylic acids is 1. The number of aliphatic hydroxyl groups is 1. The van der Waals surface area contributed by atoms with E-state index in [0.29, 0.717) is 22.2 Å². The molecule has 0 fully saturated rings. The van der Waals surface area contributed by atoms with Gasteiger partial charge < -0.3 is 15.2 Å². The molecule has 1 amide bonds. The molecule has 0 heterocycles. The van der Waals surface area contributed by atoms with Crippen LogP contribution in [0.4, 0.5) is 0 Å². The molecule has 0 aliphatic heterocycles. The number of halogens is 2. The smallest absolute Gasteiger partial charge is 0.258 e. The third-order valence-corrected chi connectivity index (χ3v) is 3.37. The summed E-state index contributed by atoms with van der Waals surface area (Å²) < 4.78 is 5.30. The summed E-state index contributed by atoms with van der Waals surface area (Å²) in [5.41, 5.74) is -0.640. The highest BCUT2D eigenvalue weighted by molar-refractivity contribution is 6.34. The van der Waals surface area contributed by atoms with E-state index in [1.807, 2.05) is 6.92 Å². The number of rotatable bonds is 6. The van der Waals surface area contributed by atoms with E-state index in [2.05, 4.69) is 5.32 Å². The molecule has 0 aromatic heterocycles. The van der Waals surface area contributed by atoms with Crippen LogP contribution in [0.15, 0.2) is 18.2 Å². The van der Waals surface area contributed by atoms with Crippen LogP contribution in [0.3, 0.4) is 0 Å². The lowest BCUT2D eigenvalue weighted by Gasteiger charge is -2.27. The van der Waals surface area contributed by atoms with Gasteiger partial charge in [0, 0.05) is 11.1 Å². The minimum Gasteiger partial charge on any atom is -0.482 e. The van der Waals surface area contributed by atoms with Gasteiger partial charge in [0.1, 0.15) is 5.75 Å². The number of amides is 1. The average molecular weight is 306 g/mol. The summed E-state index contributed by atoms with van der Waals surface area (Å²) in [5, 5.41) is 12.8. The third-order valence-electron chi connectivity index (χ3n) is 2.82. The van der Waals surface area contributed by atoms with Crippen molar-refractivity contribution in [3.63, 3.8) is 0 Å². The molecule has 2 N–H and O–H groups in total. The van der Waals surface area contributed by atoms with Gasteiger partial charge in [-0.1, -0.05) is 30.1 Å². The van der Waals surface area contributed by atoms with Crippen LogP contribution in [0, 0.1) is 0 Å². The van der Waals surface area contributed by atoms with E-state index in [0.717, 1.165) is 0 Å². The lowest BCUT2D eigenvalue weighted by molar-refractivity contribution is -0.125. The van der Waals surface area contributed by atoms with E-state index in [-0.39, 0.29) is 19.1 Å². The molecule has 0 radical (unpaired) electrons. The molecule has 1 unspecified atom stereocenters. The van der Waals surface area contributed by atoms with Crippen LogP contribution in [0.1, 0.15) is 20.3 Å². The first kappa shape index (κ1) is 16.1. The normalized spacial score (nSPS) is 13.7. The summed E-state index contributed by atoms with van der Waals surface area (Å²) in [6.45, 7) is 3.32. The minimum absolute atomic E-state index is 0.132. The summed E-state index contributed by atoms with van der Waals surface area (Å²) in [5.74, 6) is 0.0287. The summed E-state index contributed by atoms with van der Waals surface area (Å²) in [6.07, 6.45) is 0.618. The highest BCUT2D eigenvalue weighted by Crippen LogP contribution is 2.27. The Hall–Kier alpha value is -0.970. The van der Waals surface area contributed by atoms with Crippen molar-refractivity contribution < 1.29 is 14.6 Å². The van der Waals surface area contributed by atoms with Gasteiger partial charge in [-0.3, -0.25) is 4.79 Å². The molecule has 1 atom stereocenters. The van der Waals surface area contributed by atoms with Crippen LogP contribution in [-0.4, -0.2) is 29.8 Å². The molecular formula is C13H17Cl2NO3. The molecule has 1 rings (SSSR count). The van der Waals surface area contributed by atoms with Crippen molar-refractivity contribution in [3.8, 4) is 5.75 Å². The molecular weight excluding hydrogens is 289 g/mol. The zero-order valence-corrected chi connectivity index (χ0v) is 12.4. The quantitative estimate of drug-likeness (QED) is 0.849. The maximum absolute atomic E-state index is 11.7. The van der Waals surface area contributed by atoms with Gasteiger partial charge in [0.05, 0.1) is 17.2 Å². The fraction of sp³-hybridized carbons (Fsp3) is 0.462. The van der Waals surface area contributed by atoms with Crippen molar-refractivity contribution in [3.05, 3.63) is 28.2 Å². The van der Waals surface area contributed by atoms with E-state index in [1.54, 1.807) is 25.1 Å². The predicted molar refractivity (Wildman–Crippen MR) is 75.9 cm³/mol. The lowest BCUT2D eigenvalue weighted by atomic mass is 10.0. The van der Waals surface area contributed by atoms with Crippen molar-refractivity contribution in [2.75, 3.05) is 13.2 Å². The highest BCUT2D eigenvalue weighted by Gasteiger charge is 2.23. The van der Waals surface area contributed by atoms with E-state index in [4.69, 9.17) is 27.9 Å². The number of aliphatic hydroxyl groups excluding tert-OH is 1. The molecule has 19 heavy (non-hydrogen) atoms. The molecule has 0 saturated heterocycles. The molecule has 0 bridgehead atoms. The van der Waals surface area contributed by atoms with E-state index < -0.39 is 5.54 Å². The summed E-state index contributed by atoms with van der Waals surface area (Å²) in [7, 11) is 0. The molecule has 0 aliphatic carbocycles. The Balaban J connectivity index is 2.57. The first-order valence-corrected chi connectivity index (χ1v) is 6.65. The zero-order valence-electron chi connectivity index (χ0n) is 10.9. The van der Waals surface area contributed by atoms with Crippen molar-refractivity contribution in [1.82, 2.24) is 5.32 Å². The number of carbonyl (C=O) groups is 1. The topological polar surface area (TPSA) is 58.6 Å². The van der Waals surface area contributed by atoms with Crippen LogP contribution < -0.4 is 10.1 Å². The second kappa shape index (κ2) is 6.98. The number of hydrogen-bond acceptors (Lipinski definition) is 3. The number of benzene rings is 1. The Morgan fingerprint density at radius 2 is 2.16 bits per heavy atom. The van der Waals surface area contributed by atoms with Gasteiger partial charge >= 0.3 is 0 Å². The molecule has 1 aromatic rings. The summed E-state index contributed by atoms with van der Waals surface area (Å²) in [6, 6.07) is 4.78. The van der Waals surface area contributed by atoms with E-state index in [9.17, 15) is 9.90 Å². The van der Waals surface area contributed by atoms with Crippen LogP contribution in [-0.2, 0) is 4.79 Å². The molecule has 0 aliphatic rings. The van der Waals surface area contributed by atoms with Crippen LogP contribution in [0.25, 0.3) is 0 Å². The Bertz CT molecular complexity index is 448. The van der Waals surface area contributed by atoms with Gasteiger partial charge in [0.25, 0.3) is 5.91 Å². The number of ether oxygens (including phenoxy) is 1. The van der Waals surface area contributed by atoms with Gasteiger partial charge in [-0.25, -0.2) is 0 Å². The standard InChI is InChI=1S/C13H17Cl2NO3/c1-3-13(2,8-17)16-12(18)7-19-11-6-9(14)4-5-10(11)15/h4-6,17H,3,7-8H2,1-2H3,(H,16,18). The minimum atomic E-state index is -0.640. The maximum Gasteiger partial charge on any atom is 0.258 e. The molecule has 6 heteroatoms. The number of nitrogens with one attached hydrogen (secondary N) is 1. The summed E-state index contributed by atoms with van der Waals surface area (Å²) in [4.78, 5) is 11.7. The average Bonchev–Trinajstić information content (AvgIpc) is 2.39. The van der Waals surface area contributed by atoms with Crippen LogP contribution in [0.5, 0.6) is 5.75 Å². The first-order valence-electron chi connectivity index (χ1n) is 5.90. The Labute approximate surface area is 122 Å². The van der Waals surface area contributed by atoms with Gasteiger partial charge in [-0.15, -0.1) is 0 Å². The Kier molecular flexibility index (Phi) is 5.91. The highest BCUT2D eigenvalue weighted by atomic mass is 35.5. The van der Waals surface area contributed by atoms with Gasteiger partial charge in [0.2, 0.25) is 0 Å². The number of hydrogen-bond donors (Lipinski definition) is 2. The molecule has 106 valence electrons. The molecule has 0 spiro atoms. The second-order valence-electron chi connectivity index (χ2n) is 4.48.